The molecule has 0 unspecified atom stereocenters. The van der Waals surface area contributed by atoms with E-state index in [1.807, 2.05) is 25.4 Å². The van der Waals surface area contributed by atoms with Gasteiger partial charge in [0, 0.05) is 25.1 Å². The highest BCUT2D eigenvalue weighted by atomic mass is 35.5. The Hall–Kier alpha value is -1.39. The molecule has 0 aliphatic carbocycles. The number of halogens is 1. The van der Waals surface area contributed by atoms with Gasteiger partial charge in [0.05, 0.1) is 5.02 Å². The maximum atomic E-state index is 6.11. The van der Waals surface area contributed by atoms with Crippen LogP contribution in [0, 0.1) is 0 Å². The van der Waals surface area contributed by atoms with Crippen LogP contribution in [0.4, 0.5) is 0 Å². The Balaban J connectivity index is 2.35. The van der Waals surface area contributed by atoms with E-state index in [-0.39, 0.29) is 0 Å². The second-order valence-corrected chi connectivity index (χ2v) is 3.54. The van der Waals surface area contributed by atoms with Crippen LogP contribution in [0.1, 0.15) is 5.56 Å². The standard InChI is InChI=1S/C10H11ClN4/c1-12-6-8-5-9(11)10(13-7-8)15-4-2-3-14-15/h2-5,7,12H,6H2,1H3. The Labute approximate surface area is 92.9 Å². The van der Waals surface area contributed by atoms with Gasteiger partial charge in [-0.05, 0) is 24.7 Å². The average molecular weight is 223 g/mol. The summed E-state index contributed by atoms with van der Waals surface area (Å²) in [6.45, 7) is 0.756. The summed E-state index contributed by atoms with van der Waals surface area (Å²) >= 11 is 6.11. The highest BCUT2D eigenvalue weighted by molar-refractivity contribution is 6.32. The van der Waals surface area contributed by atoms with Crippen LogP contribution in [-0.2, 0) is 6.54 Å². The molecule has 0 bridgehead atoms. The zero-order chi connectivity index (χ0) is 10.7. The fourth-order valence-corrected chi connectivity index (χ4v) is 1.61. The van der Waals surface area contributed by atoms with Gasteiger partial charge in [-0.1, -0.05) is 11.6 Å². The maximum absolute atomic E-state index is 6.11. The first-order valence-corrected chi connectivity index (χ1v) is 4.98. The Morgan fingerprint density at radius 3 is 3.00 bits per heavy atom. The lowest BCUT2D eigenvalue weighted by atomic mass is 10.3. The van der Waals surface area contributed by atoms with Crippen LogP contribution in [0.2, 0.25) is 5.02 Å². The first-order valence-electron chi connectivity index (χ1n) is 4.60. The summed E-state index contributed by atoms with van der Waals surface area (Å²) in [5.74, 6) is 0.654. The second kappa shape index (κ2) is 4.42. The number of nitrogens with zero attached hydrogens (tertiary/aromatic N) is 3. The molecule has 4 nitrogen and oxygen atoms in total. The molecule has 0 radical (unpaired) electrons. The molecule has 0 aliphatic rings. The van der Waals surface area contributed by atoms with Crippen LogP contribution in [0.5, 0.6) is 0 Å². The van der Waals surface area contributed by atoms with E-state index in [0.29, 0.717) is 10.8 Å². The van der Waals surface area contributed by atoms with Crippen molar-refractivity contribution in [2.45, 2.75) is 6.54 Å². The molecule has 0 saturated heterocycles. The second-order valence-electron chi connectivity index (χ2n) is 3.13. The molecule has 0 fully saturated rings. The first-order chi connectivity index (χ1) is 7.31. The van der Waals surface area contributed by atoms with E-state index >= 15 is 0 Å². The van der Waals surface area contributed by atoms with Crippen molar-refractivity contribution in [2.75, 3.05) is 7.05 Å². The van der Waals surface area contributed by atoms with Gasteiger partial charge in [0.1, 0.15) is 0 Å². The van der Waals surface area contributed by atoms with Crippen molar-refractivity contribution in [3.05, 3.63) is 41.3 Å². The van der Waals surface area contributed by atoms with Gasteiger partial charge in [-0.15, -0.1) is 0 Å². The number of hydrogen-bond acceptors (Lipinski definition) is 3. The SMILES string of the molecule is CNCc1cnc(-n2cccn2)c(Cl)c1. The molecule has 2 rings (SSSR count). The predicted octanol–water partition coefficient (Wildman–Crippen LogP) is 1.64. The highest BCUT2D eigenvalue weighted by Crippen LogP contribution is 2.18. The Morgan fingerprint density at radius 1 is 1.53 bits per heavy atom. The maximum Gasteiger partial charge on any atom is 0.172 e. The summed E-state index contributed by atoms with van der Waals surface area (Å²) in [5, 5.41) is 7.72. The minimum Gasteiger partial charge on any atom is -0.316 e. The number of aromatic nitrogens is 3. The Morgan fingerprint density at radius 2 is 2.40 bits per heavy atom. The zero-order valence-corrected chi connectivity index (χ0v) is 9.07. The van der Waals surface area contributed by atoms with Crippen LogP contribution < -0.4 is 5.32 Å². The van der Waals surface area contributed by atoms with E-state index in [9.17, 15) is 0 Å². The Bertz CT molecular complexity index is 439. The third kappa shape index (κ3) is 2.16. The van der Waals surface area contributed by atoms with E-state index in [2.05, 4.69) is 15.4 Å². The summed E-state index contributed by atoms with van der Waals surface area (Å²) in [5.41, 5.74) is 1.05. The predicted molar refractivity (Wildman–Crippen MR) is 59.1 cm³/mol. The average Bonchev–Trinajstić information content (AvgIpc) is 2.71. The largest absolute Gasteiger partial charge is 0.316 e. The molecule has 2 aromatic rings. The van der Waals surface area contributed by atoms with Crippen LogP contribution in [0.25, 0.3) is 5.82 Å². The molecule has 1 N–H and O–H groups in total. The van der Waals surface area contributed by atoms with Crippen molar-refractivity contribution in [3.63, 3.8) is 0 Å². The summed E-state index contributed by atoms with van der Waals surface area (Å²) in [4.78, 5) is 4.27. The minimum atomic E-state index is 0.603. The summed E-state index contributed by atoms with van der Waals surface area (Å²) < 4.78 is 1.64. The fourth-order valence-electron chi connectivity index (χ4n) is 1.33. The van der Waals surface area contributed by atoms with E-state index in [4.69, 9.17) is 11.6 Å². The van der Waals surface area contributed by atoms with Crippen LogP contribution in [0.15, 0.2) is 30.7 Å². The summed E-state index contributed by atoms with van der Waals surface area (Å²) in [6.07, 6.45) is 5.30. The molecule has 2 aromatic heterocycles. The fraction of sp³-hybridized carbons (Fsp3) is 0.200. The van der Waals surface area contributed by atoms with Gasteiger partial charge in [-0.2, -0.15) is 5.10 Å². The van der Waals surface area contributed by atoms with E-state index < -0.39 is 0 Å². The van der Waals surface area contributed by atoms with Gasteiger partial charge >= 0.3 is 0 Å². The molecule has 0 atom stereocenters. The smallest absolute Gasteiger partial charge is 0.172 e. The molecule has 15 heavy (non-hydrogen) atoms. The van der Waals surface area contributed by atoms with Gasteiger partial charge in [-0.3, -0.25) is 0 Å². The molecule has 0 amide bonds. The lowest BCUT2D eigenvalue weighted by molar-refractivity contribution is 0.802. The molecule has 0 saturated carbocycles. The molecule has 2 heterocycles. The van der Waals surface area contributed by atoms with Crippen molar-refractivity contribution in [2.24, 2.45) is 0 Å². The Kier molecular flexibility index (Phi) is 2.99. The van der Waals surface area contributed by atoms with Gasteiger partial charge in [-0.25, -0.2) is 9.67 Å². The van der Waals surface area contributed by atoms with Crippen molar-refractivity contribution >= 4 is 11.6 Å². The van der Waals surface area contributed by atoms with Crippen molar-refractivity contribution in [3.8, 4) is 5.82 Å². The number of hydrogen-bond donors (Lipinski definition) is 1. The van der Waals surface area contributed by atoms with Gasteiger partial charge < -0.3 is 5.32 Å². The molecule has 0 aliphatic heterocycles. The quantitative estimate of drug-likeness (QED) is 0.859. The summed E-state index contributed by atoms with van der Waals surface area (Å²) in [7, 11) is 1.88. The molecule has 5 heteroatoms. The minimum absolute atomic E-state index is 0.603. The summed E-state index contributed by atoms with van der Waals surface area (Å²) in [6, 6.07) is 3.72. The monoisotopic (exact) mass is 222 g/mol. The number of pyridine rings is 1. The molecular formula is C10H11ClN4. The third-order valence-electron chi connectivity index (χ3n) is 1.98. The lowest BCUT2D eigenvalue weighted by Crippen LogP contribution is -2.07. The topological polar surface area (TPSA) is 42.7 Å². The van der Waals surface area contributed by atoms with Crippen LogP contribution in [-0.4, -0.2) is 21.8 Å². The molecule has 0 spiro atoms. The van der Waals surface area contributed by atoms with Crippen molar-refractivity contribution < 1.29 is 0 Å². The number of nitrogens with one attached hydrogen (secondary N) is 1. The van der Waals surface area contributed by atoms with Gasteiger partial charge in [0.25, 0.3) is 0 Å². The molecular weight excluding hydrogens is 212 g/mol. The lowest BCUT2D eigenvalue weighted by Gasteiger charge is -2.05. The van der Waals surface area contributed by atoms with Crippen LogP contribution in [0.3, 0.4) is 0 Å². The van der Waals surface area contributed by atoms with Gasteiger partial charge in [0.2, 0.25) is 0 Å². The van der Waals surface area contributed by atoms with Crippen molar-refractivity contribution in [1.82, 2.24) is 20.1 Å². The first kappa shape index (κ1) is 10.1. The normalized spacial score (nSPS) is 10.5. The number of rotatable bonds is 3. The molecule has 78 valence electrons. The third-order valence-corrected chi connectivity index (χ3v) is 2.26. The van der Waals surface area contributed by atoms with Crippen LogP contribution >= 0.6 is 11.6 Å². The molecule has 0 aromatic carbocycles. The van der Waals surface area contributed by atoms with E-state index in [1.54, 1.807) is 17.1 Å². The van der Waals surface area contributed by atoms with E-state index in [1.165, 1.54) is 0 Å². The highest BCUT2D eigenvalue weighted by Gasteiger charge is 2.05. The van der Waals surface area contributed by atoms with E-state index in [0.717, 1.165) is 12.1 Å². The van der Waals surface area contributed by atoms with Crippen molar-refractivity contribution in [1.29, 1.82) is 0 Å². The van der Waals surface area contributed by atoms with Gasteiger partial charge in [0.15, 0.2) is 5.82 Å². The zero-order valence-electron chi connectivity index (χ0n) is 8.31.